The Bertz CT molecular complexity index is 1630. The molecular weight excluding hydrogens is 574 g/mol. The highest BCUT2D eigenvalue weighted by molar-refractivity contribution is 8.00. The molecule has 1 aromatic heterocycles. The first-order valence-corrected chi connectivity index (χ1v) is 15.0. The molecule has 0 saturated carbocycles. The van der Waals surface area contributed by atoms with Gasteiger partial charge >= 0.3 is 0 Å². The van der Waals surface area contributed by atoms with Gasteiger partial charge in [-0.25, -0.2) is 4.39 Å². The third-order valence-corrected chi connectivity index (χ3v) is 8.31. The number of carbonyl (C=O) groups excluding carboxylic acids is 1. The molecule has 1 amide bonds. The first-order valence-electron chi connectivity index (χ1n) is 13.0. The average Bonchev–Trinajstić information content (AvgIpc) is 3.44. The second-order valence-electron chi connectivity index (χ2n) is 9.28. The molecule has 1 unspecified atom stereocenters. The molecule has 0 aliphatic rings. The molecule has 5 aromatic rings. The minimum atomic E-state index is -0.542. The molecule has 8 nitrogen and oxygen atoms in total. The second kappa shape index (κ2) is 13.9. The number of benzene rings is 4. The van der Waals surface area contributed by atoms with Crippen LogP contribution in [0, 0.1) is 15.9 Å². The number of rotatable bonds is 12. The van der Waals surface area contributed by atoms with Crippen molar-refractivity contribution < 1.29 is 14.1 Å². The number of thioether (sulfide) groups is 2. The summed E-state index contributed by atoms with van der Waals surface area (Å²) in [7, 11) is 0. The highest BCUT2D eigenvalue weighted by atomic mass is 32.2. The van der Waals surface area contributed by atoms with Crippen LogP contribution in [0.25, 0.3) is 5.69 Å². The Morgan fingerprint density at radius 1 is 0.857 bits per heavy atom. The number of aromatic nitrogens is 3. The molecule has 0 bridgehead atoms. The molecule has 1 atom stereocenters. The second-order valence-corrected chi connectivity index (χ2v) is 11.3. The number of non-ortho nitro benzene ring substituents is 1. The van der Waals surface area contributed by atoms with Gasteiger partial charge in [0, 0.05) is 28.5 Å². The molecule has 0 fully saturated rings. The van der Waals surface area contributed by atoms with Crippen LogP contribution >= 0.6 is 23.5 Å². The van der Waals surface area contributed by atoms with Crippen molar-refractivity contribution in [2.24, 2.45) is 0 Å². The predicted octanol–water partition coefficient (Wildman–Crippen LogP) is 6.80. The molecule has 1 N–H and O–H groups in total. The Labute approximate surface area is 250 Å². The molecule has 1 heterocycles. The minimum absolute atomic E-state index is 0.0408. The Morgan fingerprint density at radius 3 is 2.19 bits per heavy atom. The average molecular weight is 600 g/mol. The Morgan fingerprint density at radius 2 is 1.52 bits per heavy atom. The van der Waals surface area contributed by atoms with Crippen LogP contribution in [0.1, 0.15) is 23.0 Å². The lowest BCUT2D eigenvalue weighted by Gasteiger charge is -2.20. The normalized spacial score (nSPS) is 11.6. The topological polar surface area (TPSA) is 103 Å². The number of nitrogens with zero attached hydrogens (tertiary/aromatic N) is 4. The van der Waals surface area contributed by atoms with E-state index >= 15 is 0 Å². The predicted molar refractivity (Wildman–Crippen MR) is 162 cm³/mol. The van der Waals surface area contributed by atoms with E-state index in [1.807, 2.05) is 65.2 Å². The summed E-state index contributed by atoms with van der Waals surface area (Å²) in [6.45, 7) is 0. The zero-order chi connectivity index (χ0) is 29.3. The van der Waals surface area contributed by atoms with Gasteiger partial charge in [0.25, 0.3) is 5.69 Å². The summed E-state index contributed by atoms with van der Waals surface area (Å²) < 4.78 is 15.2. The monoisotopic (exact) mass is 599 g/mol. The molecule has 212 valence electrons. The van der Waals surface area contributed by atoms with Gasteiger partial charge in [0.2, 0.25) is 5.91 Å². The lowest BCUT2D eigenvalue weighted by Crippen LogP contribution is -2.33. The molecule has 4 aromatic carbocycles. The van der Waals surface area contributed by atoms with Crippen LogP contribution in [0.5, 0.6) is 0 Å². The molecule has 5 rings (SSSR count). The van der Waals surface area contributed by atoms with Crippen LogP contribution in [-0.4, -0.2) is 31.3 Å². The fourth-order valence-electron chi connectivity index (χ4n) is 4.25. The van der Waals surface area contributed by atoms with Crippen molar-refractivity contribution >= 4 is 35.1 Å². The van der Waals surface area contributed by atoms with E-state index in [1.165, 1.54) is 47.8 Å². The number of halogens is 1. The van der Waals surface area contributed by atoms with Crippen molar-refractivity contribution in [3.05, 3.63) is 142 Å². The summed E-state index contributed by atoms with van der Waals surface area (Å²) in [5.41, 5.74) is 2.47. The molecular formula is C31H26FN5O3S2. The number of amides is 1. The van der Waals surface area contributed by atoms with E-state index in [0.29, 0.717) is 28.8 Å². The Hall–Kier alpha value is -4.48. The standard InChI is InChI=1S/C31H26FN5O3S2/c32-24-13-11-23(12-14-24)20-42-31-35-34-30(36(31)25-15-17-26(18-16-25)37(39)40)28(19-22-7-3-1-4-8-22)33-29(38)21-41-27-9-5-2-6-10-27/h1-18,28H,19-21H2,(H,33,38). The summed E-state index contributed by atoms with van der Waals surface area (Å²) >= 11 is 2.84. The largest absolute Gasteiger partial charge is 0.345 e. The summed E-state index contributed by atoms with van der Waals surface area (Å²) in [4.78, 5) is 25.0. The van der Waals surface area contributed by atoms with Crippen molar-refractivity contribution in [2.75, 3.05) is 5.75 Å². The summed E-state index contributed by atoms with van der Waals surface area (Å²) in [5.74, 6) is 0.725. The fourth-order valence-corrected chi connectivity index (χ4v) is 5.90. The highest BCUT2D eigenvalue weighted by Crippen LogP contribution is 2.30. The number of hydrogen-bond acceptors (Lipinski definition) is 7. The van der Waals surface area contributed by atoms with Gasteiger partial charge in [-0.1, -0.05) is 72.4 Å². The molecule has 0 aliphatic carbocycles. The third-order valence-electron chi connectivity index (χ3n) is 6.30. The maximum Gasteiger partial charge on any atom is 0.269 e. The fraction of sp³-hybridized carbons (Fsp3) is 0.129. The molecule has 42 heavy (non-hydrogen) atoms. The lowest BCUT2D eigenvalue weighted by molar-refractivity contribution is -0.384. The van der Waals surface area contributed by atoms with Crippen LogP contribution in [0.4, 0.5) is 10.1 Å². The SMILES string of the molecule is O=C(CSc1ccccc1)NC(Cc1ccccc1)c1nnc(SCc2ccc(F)cc2)n1-c1ccc([N+](=O)[O-])cc1. The van der Waals surface area contributed by atoms with Gasteiger partial charge in [0.05, 0.1) is 16.7 Å². The van der Waals surface area contributed by atoms with Crippen molar-refractivity contribution in [1.82, 2.24) is 20.1 Å². The van der Waals surface area contributed by atoms with Crippen LogP contribution < -0.4 is 5.32 Å². The zero-order valence-electron chi connectivity index (χ0n) is 22.3. The first kappa shape index (κ1) is 29.0. The maximum absolute atomic E-state index is 13.4. The quantitative estimate of drug-likeness (QED) is 0.0956. The van der Waals surface area contributed by atoms with Crippen LogP contribution in [0.3, 0.4) is 0 Å². The minimum Gasteiger partial charge on any atom is -0.345 e. The summed E-state index contributed by atoms with van der Waals surface area (Å²) in [6.07, 6.45) is 0.455. The van der Waals surface area contributed by atoms with E-state index in [-0.39, 0.29) is 23.2 Å². The number of carbonyl (C=O) groups is 1. The molecule has 0 saturated heterocycles. The van der Waals surface area contributed by atoms with Crippen molar-refractivity contribution in [3.63, 3.8) is 0 Å². The van der Waals surface area contributed by atoms with Crippen molar-refractivity contribution in [3.8, 4) is 5.69 Å². The van der Waals surface area contributed by atoms with E-state index in [1.54, 1.807) is 24.3 Å². The maximum atomic E-state index is 13.4. The summed E-state index contributed by atoms with van der Waals surface area (Å²) in [6, 6.07) is 31.3. The number of hydrogen-bond donors (Lipinski definition) is 1. The van der Waals surface area contributed by atoms with Gasteiger partial charge < -0.3 is 5.32 Å². The highest BCUT2D eigenvalue weighted by Gasteiger charge is 2.25. The molecule has 0 aliphatic heterocycles. The Kier molecular flexibility index (Phi) is 9.62. The zero-order valence-corrected chi connectivity index (χ0v) is 23.9. The van der Waals surface area contributed by atoms with Gasteiger partial charge in [-0.05, 0) is 53.9 Å². The smallest absolute Gasteiger partial charge is 0.269 e. The number of nitro groups is 1. The van der Waals surface area contributed by atoms with Crippen molar-refractivity contribution in [1.29, 1.82) is 0 Å². The van der Waals surface area contributed by atoms with Gasteiger partial charge in [0.1, 0.15) is 5.82 Å². The van der Waals surface area contributed by atoms with Crippen LogP contribution in [0.15, 0.2) is 119 Å². The van der Waals surface area contributed by atoms with Crippen molar-refractivity contribution in [2.45, 2.75) is 28.3 Å². The molecule has 11 heteroatoms. The number of nitrogens with one attached hydrogen (secondary N) is 1. The van der Waals surface area contributed by atoms with E-state index in [2.05, 4.69) is 15.5 Å². The van der Waals surface area contributed by atoms with Gasteiger partial charge in [-0.3, -0.25) is 19.5 Å². The van der Waals surface area contributed by atoms with Gasteiger partial charge in [0.15, 0.2) is 11.0 Å². The van der Waals surface area contributed by atoms with E-state index in [4.69, 9.17) is 0 Å². The lowest BCUT2D eigenvalue weighted by atomic mass is 10.1. The van der Waals surface area contributed by atoms with E-state index in [9.17, 15) is 19.3 Å². The van der Waals surface area contributed by atoms with Crippen LogP contribution in [-0.2, 0) is 17.0 Å². The van der Waals surface area contributed by atoms with Gasteiger partial charge in [-0.2, -0.15) is 0 Å². The first-order chi connectivity index (χ1) is 20.5. The van der Waals surface area contributed by atoms with E-state index in [0.717, 1.165) is 16.0 Å². The van der Waals surface area contributed by atoms with E-state index < -0.39 is 11.0 Å². The third kappa shape index (κ3) is 7.62. The summed E-state index contributed by atoms with van der Waals surface area (Å²) in [5, 5.41) is 24.0. The molecule has 0 spiro atoms. The Balaban J connectivity index is 1.48. The number of nitro benzene ring substituents is 1. The van der Waals surface area contributed by atoms with Gasteiger partial charge in [-0.15, -0.1) is 22.0 Å². The van der Waals surface area contributed by atoms with Crippen LogP contribution in [0.2, 0.25) is 0 Å². The molecule has 0 radical (unpaired) electrons.